The average molecular weight is 257 g/mol. The maximum Gasteiger partial charge on any atom is 0.265 e. The molecule has 0 atom stereocenters. The molecule has 0 fully saturated rings. The Morgan fingerprint density at radius 2 is 2.07 bits per heavy atom. The van der Waals surface area contributed by atoms with Gasteiger partial charge in [-0.25, -0.2) is 5.01 Å². The van der Waals surface area contributed by atoms with E-state index < -0.39 is 0 Å². The van der Waals surface area contributed by atoms with Crippen molar-refractivity contribution in [3.05, 3.63) is 33.8 Å². The maximum absolute atomic E-state index is 11.7. The summed E-state index contributed by atoms with van der Waals surface area (Å²) < 4.78 is 0.948. The van der Waals surface area contributed by atoms with Crippen LogP contribution in [0.1, 0.15) is 15.9 Å². The number of benzene rings is 1. The molecule has 1 rings (SSSR count). The third-order valence-electron chi connectivity index (χ3n) is 1.84. The van der Waals surface area contributed by atoms with E-state index in [-0.39, 0.29) is 5.91 Å². The molecule has 76 valence electrons. The topological polar surface area (TPSA) is 32.3 Å². The first-order valence-corrected chi connectivity index (χ1v) is 5.05. The van der Waals surface area contributed by atoms with Gasteiger partial charge in [0.25, 0.3) is 5.91 Å². The Morgan fingerprint density at radius 3 is 2.64 bits per heavy atom. The first-order chi connectivity index (χ1) is 6.52. The first kappa shape index (κ1) is 11.2. The number of carbonyl (C=O) groups excluding carboxylic acids is 1. The molecule has 0 saturated heterocycles. The molecule has 0 bridgehead atoms. The predicted molar refractivity (Wildman–Crippen MR) is 60.0 cm³/mol. The fourth-order valence-corrected chi connectivity index (χ4v) is 1.48. The molecule has 0 radical (unpaired) electrons. The second kappa shape index (κ2) is 4.57. The summed E-state index contributed by atoms with van der Waals surface area (Å²) in [7, 11) is 3.57. The fraction of sp³-hybridized carbons (Fsp3) is 0.300. The summed E-state index contributed by atoms with van der Waals surface area (Å²) >= 11 is 3.39. The van der Waals surface area contributed by atoms with Crippen LogP contribution in [-0.2, 0) is 0 Å². The van der Waals surface area contributed by atoms with Gasteiger partial charge < -0.3 is 0 Å². The highest BCUT2D eigenvalue weighted by Gasteiger charge is 2.10. The van der Waals surface area contributed by atoms with E-state index in [1.54, 1.807) is 25.2 Å². The third kappa shape index (κ3) is 2.56. The third-order valence-corrected chi connectivity index (χ3v) is 2.70. The van der Waals surface area contributed by atoms with E-state index in [2.05, 4.69) is 21.4 Å². The number of hydrogen-bond donors (Lipinski definition) is 1. The highest BCUT2D eigenvalue weighted by Crippen LogP contribution is 2.19. The summed E-state index contributed by atoms with van der Waals surface area (Å²) in [5, 5.41) is 1.63. The van der Waals surface area contributed by atoms with Crippen LogP contribution < -0.4 is 5.43 Å². The lowest BCUT2D eigenvalue weighted by atomic mass is 10.1. The van der Waals surface area contributed by atoms with Crippen LogP contribution in [-0.4, -0.2) is 25.0 Å². The molecule has 1 aromatic rings. The highest BCUT2D eigenvalue weighted by molar-refractivity contribution is 9.10. The van der Waals surface area contributed by atoms with E-state index in [1.165, 1.54) is 0 Å². The number of hydrazine groups is 1. The minimum atomic E-state index is -0.0891. The lowest BCUT2D eigenvalue weighted by molar-refractivity contribution is 0.0856. The Hall–Kier alpha value is -0.870. The number of carbonyl (C=O) groups is 1. The molecule has 3 nitrogen and oxygen atoms in total. The largest absolute Gasteiger partial charge is 0.285 e. The molecular weight excluding hydrogens is 244 g/mol. The molecule has 14 heavy (non-hydrogen) atoms. The number of halogens is 1. The molecule has 0 aliphatic heterocycles. The van der Waals surface area contributed by atoms with Gasteiger partial charge in [-0.2, -0.15) is 0 Å². The normalized spacial score (nSPS) is 10.4. The van der Waals surface area contributed by atoms with Crippen LogP contribution in [0, 0.1) is 6.92 Å². The second-order valence-electron chi connectivity index (χ2n) is 3.25. The summed E-state index contributed by atoms with van der Waals surface area (Å²) in [6.07, 6.45) is 0. The zero-order chi connectivity index (χ0) is 10.7. The van der Waals surface area contributed by atoms with Gasteiger partial charge in [0.05, 0.1) is 0 Å². The number of hydrogen-bond acceptors (Lipinski definition) is 2. The van der Waals surface area contributed by atoms with Crippen LogP contribution in [0.2, 0.25) is 0 Å². The molecule has 0 saturated carbocycles. The SMILES string of the molecule is Cc1c(Br)cccc1C(=O)NN(C)C. The summed E-state index contributed by atoms with van der Waals surface area (Å²) in [5.74, 6) is -0.0891. The number of rotatable bonds is 2. The van der Waals surface area contributed by atoms with Gasteiger partial charge in [0.2, 0.25) is 0 Å². The molecule has 0 heterocycles. The van der Waals surface area contributed by atoms with Gasteiger partial charge >= 0.3 is 0 Å². The van der Waals surface area contributed by atoms with Crippen molar-refractivity contribution in [2.24, 2.45) is 0 Å². The van der Waals surface area contributed by atoms with Gasteiger partial charge in [0, 0.05) is 24.1 Å². The van der Waals surface area contributed by atoms with Crippen molar-refractivity contribution in [3.8, 4) is 0 Å². The molecule has 4 heteroatoms. The minimum Gasteiger partial charge on any atom is -0.285 e. The van der Waals surface area contributed by atoms with E-state index >= 15 is 0 Å². The van der Waals surface area contributed by atoms with E-state index in [0.717, 1.165) is 10.0 Å². The van der Waals surface area contributed by atoms with Crippen LogP contribution in [0.15, 0.2) is 22.7 Å². The lowest BCUT2D eigenvalue weighted by Gasteiger charge is -2.13. The number of nitrogens with zero attached hydrogens (tertiary/aromatic N) is 1. The Kier molecular flexibility index (Phi) is 3.66. The summed E-state index contributed by atoms with van der Waals surface area (Å²) in [4.78, 5) is 11.7. The number of amides is 1. The Balaban J connectivity index is 2.96. The number of nitrogens with one attached hydrogen (secondary N) is 1. The van der Waals surface area contributed by atoms with Crippen LogP contribution in [0.25, 0.3) is 0 Å². The molecule has 1 aromatic carbocycles. The standard InChI is InChI=1S/C10H13BrN2O/c1-7-8(5-4-6-9(7)11)10(14)12-13(2)3/h4-6H,1-3H3,(H,12,14). The summed E-state index contributed by atoms with van der Waals surface area (Å²) in [6.45, 7) is 1.91. The quantitative estimate of drug-likeness (QED) is 0.821. The van der Waals surface area contributed by atoms with Gasteiger partial charge in [-0.1, -0.05) is 22.0 Å². The molecule has 0 aliphatic carbocycles. The monoisotopic (exact) mass is 256 g/mol. The predicted octanol–water partition coefficient (Wildman–Crippen LogP) is 1.96. The van der Waals surface area contributed by atoms with Gasteiger partial charge in [-0.15, -0.1) is 0 Å². The van der Waals surface area contributed by atoms with Gasteiger partial charge in [0.15, 0.2) is 0 Å². The molecule has 1 amide bonds. The summed E-state index contributed by atoms with van der Waals surface area (Å²) in [6, 6.07) is 5.57. The highest BCUT2D eigenvalue weighted by atomic mass is 79.9. The average Bonchev–Trinajstić information content (AvgIpc) is 2.08. The molecule has 0 spiro atoms. The van der Waals surface area contributed by atoms with E-state index in [1.807, 2.05) is 19.1 Å². The zero-order valence-corrected chi connectivity index (χ0v) is 10.1. The molecule has 0 aromatic heterocycles. The van der Waals surface area contributed by atoms with Crippen LogP contribution in [0.3, 0.4) is 0 Å². The van der Waals surface area contributed by atoms with Crippen LogP contribution in [0.4, 0.5) is 0 Å². The Labute approximate surface area is 92.2 Å². The van der Waals surface area contributed by atoms with E-state index in [4.69, 9.17) is 0 Å². The minimum absolute atomic E-state index is 0.0891. The van der Waals surface area contributed by atoms with Crippen molar-refractivity contribution in [2.75, 3.05) is 14.1 Å². The second-order valence-corrected chi connectivity index (χ2v) is 4.10. The maximum atomic E-state index is 11.7. The molecule has 1 N–H and O–H groups in total. The Bertz CT molecular complexity index is 350. The van der Waals surface area contributed by atoms with Gasteiger partial charge in [0.1, 0.15) is 0 Å². The van der Waals surface area contributed by atoms with Crippen molar-refractivity contribution in [1.82, 2.24) is 10.4 Å². The smallest absolute Gasteiger partial charge is 0.265 e. The molecule has 0 aliphatic rings. The fourth-order valence-electron chi connectivity index (χ4n) is 1.12. The van der Waals surface area contributed by atoms with E-state index in [0.29, 0.717) is 5.56 Å². The van der Waals surface area contributed by atoms with E-state index in [9.17, 15) is 4.79 Å². The Morgan fingerprint density at radius 1 is 1.43 bits per heavy atom. The van der Waals surface area contributed by atoms with Crippen molar-refractivity contribution in [1.29, 1.82) is 0 Å². The lowest BCUT2D eigenvalue weighted by Crippen LogP contribution is -2.36. The first-order valence-electron chi connectivity index (χ1n) is 4.26. The van der Waals surface area contributed by atoms with Crippen molar-refractivity contribution in [2.45, 2.75) is 6.92 Å². The van der Waals surface area contributed by atoms with Crippen LogP contribution >= 0.6 is 15.9 Å². The van der Waals surface area contributed by atoms with Gasteiger partial charge in [-0.05, 0) is 24.6 Å². The zero-order valence-electron chi connectivity index (χ0n) is 8.47. The molecular formula is C10H13BrN2O. The van der Waals surface area contributed by atoms with Gasteiger partial charge in [-0.3, -0.25) is 10.2 Å². The van der Waals surface area contributed by atoms with Crippen LogP contribution in [0.5, 0.6) is 0 Å². The van der Waals surface area contributed by atoms with Crippen molar-refractivity contribution in [3.63, 3.8) is 0 Å². The van der Waals surface area contributed by atoms with Crippen molar-refractivity contribution >= 4 is 21.8 Å². The molecule has 0 unspecified atom stereocenters. The van der Waals surface area contributed by atoms with Crippen molar-refractivity contribution < 1.29 is 4.79 Å². The summed E-state index contributed by atoms with van der Waals surface area (Å²) in [5.41, 5.74) is 4.34.